The van der Waals surface area contributed by atoms with Gasteiger partial charge in [0.15, 0.2) is 5.13 Å². The van der Waals surface area contributed by atoms with Crippen molar-refractivity contribution in [2.24, 2.45) is 0 Å². The molecular formula is C22H24ClN3O2S. The molecule has 2 aromatic carbocycles. The molecular weight excluding hydrogens is 406 g/mol. The fourth-order valence-corrected chi connectivity index (χ4v) is 5.23. The minimum absolute atomic E-state index is 0.297. The van der Waals surface area contributed by atoms with Crippen LogP contribution in [0.15, 0.2) is 42.5 Å². The van der Waals surface area contributed by atoms with Gasteiger partial charge < -0.3 is 9.64 Å². The molecule has 7 heteroatoms. The van der Waals surface area contributed by atoms with Gasteiger partial charge in [-0.2, -0.15) is 0 Å². The molecule has 5 nitrogen and oxygen atoms in total. The summed E-state index contributed by atoms with van der Waals surface area (Å²) in [5.74, 6) is -0.297. The second-order valence-corrected chi connectivity index (χ2v) is 9.02. The van der Waals surface area contributed by atoms with Crippen LogP contribution in [0.4, 0.5) is 5.13 Å². The Hall–Kier alpha value is -2.15. The van der Waals surface area contributed by atoms with Crippen LogP contribution in [-0.2, 0) is 11.3 Å². The number of hydrogen-bond donors (Lipinski definition) is 0. The van der Waals surface area contributed by atoms with E-state index in [2.05, 4.69) is 29.7 Å². The molecule has 2 atom stereocenters. The lowest BCUT2D eigenvalue weighted by Crippen LogP contribution is -2.56. The lowest BCUT2D eigenvalue weighted by molar-refractivity contribution is 0.0600. The second-order valence-electron chi connectivity index (χ2n) is 7.58. The lowest BCUT2D eigenvalue weighted by Gasteiger charge is -2.44. The number of anilines is 1. The van der Waals surface area contributed by atoms with E-state index in [4.69, 9.17) is 21.3 Å². The Morgan fingerprint density at radius 1 is 1.21 bits per heavy atom. The maximum absolute atomic E-state index is 11.8. The van der Waals surface area contributed by atoms with E-state index < -0.39 is 0 Å². The first kappa shape index (κ1) is 20.1. The van der Waals surface area contributed by atoms with Gasteiger partial charge in [-0.1, -0.05) is 35.1 Å². The fraction of sp³-hybridized carbons (Fsp3) is 0.364. The number of nitrogens with zero attached hydrogens (tertiary/aromatic N) is 3. The molecule has 0 N–H and O–H groups in total. The Labute approximate surface area is 179 Å². The SMILES string of the molecule is COC(=O)c1cccc(CN2C(C)CN(c3nc4ccc(Cl)cc4s3)CC2C)c1. The van der Waals surface area contributed by atoms with Gasteiger partial charge in [0.2, 0.25) is 0 Å². The monoisotopic (exact) mass is 429 g/mol. The maximum Gasteiger partial charge on any atom is 0.337 e. The number of esters is 1. The zero-order valence-electron chi connectivity index (χ0n) is 16.8. The number of carbonyl (C=O) groups excluding carboxylic acids is 1. The Balaban J connectivity index is 1.49. The van der Waals surface area contributed by atoms with Crippen LogP contribution in [0.2, 0.25) is 5.02 Å². The van der Waals surface area contributed by atoms with Crippen molar-refractivity contribution in [1.29, 1.82) is 0 Å². The van der Waals surface area contributed by atoms with E-state index in [-0.39, 0.29) is 5.97 Å². The van der Waals surface area contributed by atoms with Crippen LogP contribution in [-0.4, -0.2) is 48.1 Å². The average Bonchev–Trinajstić information content (AvgIpc) is 3.13. The summed E-state index contributed by atoms with van der Waals surface area (Å²) < 4.78 is 5.97. The molecule has 1 saturated heterocycles. The highest BCUT2D eigenvalue weighted by molar-refractivity contribution is 7.22. The average molecular weight is 430 g/mol. The zero-order valence-corrected chi connectivity index (χ0v) is 18.3. The fourth-order valence-electron chi connectivity index (χ4n) is 3.97. The molecule has 2 unspecified atom stereocenters. The number of thiazole rings is 1. The summed E-state index contributed by atoms with van der Waals surface area (Å²) in [6.45, 7) is 7.12. The first-order valence-electron chi connectivity index (χ1n) is 9.68. The molecule has 29 heavy (non-hydrogen) atoms. The summed E-state index contributed by atoms with van der Waals surface area (Å²) in [7, 11) is 1.41. The van der Waals surface area contributed by atoms with Crippen LogP contribution in [0, 0.1) is 0 Å². The summed E-state index contributed by atoms with van der Waals surface area (Å²) in [4.78, 5) is 21.5. The Kier molecular flexibility index (Phi) is 5.76. The molecule has 4 rings (SSSR count). The van der Waals surface area contributed by atoms with Crippen molar-refractivity contribution in [3.8, 4) is 0 Å². The summed E-state index contributed by atoms with van der Waals surface area (Å²) in [5, 5.41) is 1.79. The highest BCUT2D eigenvalue weighted by Crippen LogP contribution is 2.33. The lowest BCUT2D eigenvalue weighted by atomic mass is 10.0. The number of rotatable bonds is 4. The standard InChI is InChI=1S/C22H24ClN3O2S/c1-14-11-25(22-24-19-8-7-18(23)10-20(19)29-22)12-15(2)26(14)13-16-5-4-6-17(9-16)21(27)28-3/h4-10,14-15H,11-13H2,1-3H3. The van der Waals surface area contributed by atoms with Gasteiger partial charge in [-0.05, 0) is 49.7 Å². The number of piperazine rings is 1. The third-order valence-corrected chi connectivity index (χ3v) is 6.74. The Bertz CT molecular complexity index is 1030. The number of hydrogen-bond acceptors (Lipinski definition) is 6. The molecule has 3 aromatic rings. The number of methoxy groups -OCH3 is 1. The third kappa shape index (κ3) is 4.25. The first-order valence-corrected chi connectivity index (χ1v) is 10.9. The van der Waals surface area contributed by atoms with Crippen molar-refractivity contribution in [1.82, 2.24) is 9.88 Å². The second kappa shape index (κ2) is 8.30. The van der Waals surface area contributed by atoms with E-state index in [1.807, 2.05) is 30.3 Å². The zero-order chi connectivity index (χ0) is 20.5. The van der Waals surface area contributed by atoms with E-state index in [9.17, 15) is 4.79 Å². The van der Waals surface area contributed by atoms with Gasteiger partial charge in [0.1, 0.15) is 0 Å². The third-order valence-electron chi connectivity index (χ3n) is 5.42. The molecule has 0 bridgehead atoms. The van der Waals surface area contributed by atoms with E-state index in [1.54, 1.807) is 17.4 Å². The number of fused-ring (bicyclic) bond motifs is 1. The highest BCUT2D eigenvalue weighted by atomic mass is 35.5. The minimum atomic E-state index is -0.297. The molecule has 0 radical (unpaired) electrons. The predicted octanol–water partition coefficient (Wildman–Crippen LogP) is 4.84. The minimum Gasteiger partial charge on any atom is -0.465 e. The van der Waals surface area contributed by atoms with Gasteiger partial charge in [-0.3, -0.25) is 4.90 Å². The molecule has 2 heterocycles. The van der Waals surface area contributed by atoms with Crippen molar-refractivity contribution in [2.45, 2.75) is 32.5 Å². The van der Waals surface area contributed by atoms with Gasteiger partial charge in [0.25, 0.3) is 0 Å². The van der Waals surface area contributed by atoms with Gasteiger partial charge in [0, 0.05) is 36.7 Å². The summed E-state index contributed by atoms with van der Waals surface area (Å²) in [5.41, 5.74) is 2.71. The Morgan fingerprint density at radius 3 is 2.69 bits per heavy atom. The summed E-state index contributed by atoms with van der Waals surface area (Å²) in [6.07, 6.45) is 0. The normalized spacial score (nSPS) is 20.2. The van der Waals surface area contributed by atoms with E-state index >= 15 is 0 Å². The number of benzene rings is 2. The van der Waals surface area contributed by atoms with Gasteiger partial charge in [0.05, 0.1) is 22.9 Å². The van der Waals surface area contributed by atoms with E-state index in [0.29, 0.717) is 17.6 Å². The van der Waals surface area contributed by atoms with Crippen LogP contribution < -0.4 is 4.90 Å². The molecule has 152 valence electrons. The van der Waals surface area contributed by atoms with Crippen molar-refractivity contribution in [3.05, 3.63) is 58.6 Å². The Morgan fingerprint density at radius 2 is 1.97 bits per heavy atom. The largest absolute Gasteiger partial charge is 0.465 e. The molecule has 0 spiro atoms. The molecule has 1 aliphatic rings. The molecule has 1 aromatic heterocycles. The number of carbonyl (C=O) groups is 1. The predicted molar refractivity (Wildman–Crippen MR) is 119 cm³/mol. The summed E-state index contributed by atoms with van der Waals surface area (Å²) in [6, 6.07) is 14.3. The number of ether oxygens (including phenoxy) is 1. The highest BCUT2D eigenvalue weighted by Gasteiger charge is 2.31. The molecule has 1 aliphatic heterocycles. The molecule has 1 fully saturated rings. The van der Waals surface area contributed by atoms with Crippen molar-refractivity contribution < 1.29 is 9.53 Å². The molecule has 0 saturated carbocycles. The number of halogens is 1. The van der Waals surface area contributed by atoms with Crippen LogP contribution in [0.25, 0.3) is 10.2 Å². The van der Waals surface area contributed by atoms with Crippen LogP contribution in [0.3, 0.4) is 0 Å². The summed E-state index contributed by atoms with van der Waals surface area (Å²) >= 11 is 7.82. The van der Waals surface area contributed by atoms with Gasteiger partial charge in [-0.15, -0.1) is 0 Å². The van der Waals surface area contributed by atoms with Gasteiger partial charge >= 0.3 is 5.97 Å². The van der Waals surface area contributed by atoms with Crippen molar-refractivity contribution in [3.63, 3.8) is 0 Å². The van der Waals surface area contributed by atoms with Crippen molar-refractivity contribution in [2.75, 3.05) is 25.1 Å². The number of aromatic nitrogens is 1. The van der Waals surface area contributed by atoms with E-state index in [1.165, 1.54) is 7.11 Å². The topological polar surface area (TPSA) is 45.7 Å². The smallest absolute Gasteiger partial charge is 0.337 e. The van der Waals surface area contributed by atoms with Crippen LogP contribution >= 0.6 is 22.9 Å². The molecule has 0 amide bonds. The van der Waals surface area contributed by atoms with Crippen LogP contribution in [0.5, 0.6) is 0 Å². The maximum atomic E-state index is 11.8. The quantitative estimate of drug-likeness (QED) is 0.555. The van der Waals surface area contributed by atoms with Crippen molar-refractivity contribution >= 4 is 44.3 Å². The van der Waals surface area contributed by atoms with E-state index in [0.717, 1.165) is 45.6 Å². The first-order chi connectivity index (χ1) is 13.9. The molecule has 0 aliphatic carbocycles. The van der Waals surface area contributed by atoms with Gasteiger partial charge in [-0.25, -0.2) is 9.78 Å². The van der Waals surface area contributed by atoms with Crippen LogP contribution in [0.1, 0.15) is 29.8 Å².